The van der Waals surface area contributed by atoms with E-state index in [1.165, 1.54) is 4.80 Å². The monoisotopic (exact) mass is 427 g/mol. The van der Waals surface area contributed by atoms with Crippen molar-refractivity contribution in [2.75, 3.05) is 6.61 Å². The molecule has 0 saturated carbocycles. The summed E-state index contributed by atoms with van der Waals surface area (Å²) in [6.07, 6.45) is 3.27. The van der Waals surface area contributed by atoms with Crippen LogP contribution in [0.15, 0.2) is 48.0 Å². The van der Waals surface area contributed by atoms with E-state index in [9.17, 15) is 9.90 Å². The van der Waals surface area contributed by atoms with Crippen molar-refractivity contribution in [1.29, 1.82) is 0 Å². The van der Waals surface area contributed by atoms with Crippen molar-refractivity contribution in [3.05, 3.63) is 58.6 Å². The van der Waals surface area contributed by atoms with Crippen LogP contribution in [0.2, 0.25) is 5.02 Å². The molecule has 2 aromatic carbocycles. The summed E-state index contributed by atoms with van der Waals surface area (Å²) in [7, 11) is 0. The van der Waals surface area contributed by atoms with Gasteiger partial charge in [0.25, 0.3) is 0 Å². The van der Waals surface area contributed by atoms with Gasteiger partial charge < -0.3 is 9.84 Å². The average molecular weight is 428 g/mol. The number of carbonyl (C=O) groups is 1. The Labute approximate surface area is 181 Å². The first-order valence-corrected chi connectivity index (χ1v) is 10.2. The molecule has 0 aliphatic rings. The number of carbonyl (C=O) groups excluding carboxylic acids is 1. The number of phenols is 1. The normalized spacial score (nSPS) is 12.4. The second-order valence-corrected chi connectivity index (χ2v) is 8.81. The van der Waals surface area contributed by atoms with Gasteiger partial charge in [0.15, 0.2) is 0 Å². The molecule has 0 aliphatic heterocycles. The maximum absolute atomic E-state index is 12.1. The van der Waals surface area contributed by atoms with E-state index in [2.05, 4.69) is 10.2 Å². The van der Waals surface area contributed by atoms with Crippen LogP contribution in [0, 0.1) is 5.41 Å². The minimum absolute atomic E-state index is 0.0672. The molecule has 6 nitrogen and oxygen atoms in total. The molecule has 1 aromatic heterocycles. The summed E-state index contributed by atoms with van der Waals surface area (Å²) >= 11 is 6.01. The van der Waals surface area contributed by atoms with Crippen molar-refractivity contribution in [3.63, 3.8) is 0 Å². The van der Waals surface area contributed by atoms with Gasteiger partial charge in [-0.2, -0.15) is 0 Å². The minimum Gasteiger partial charge on any atom is -0.506 e. The molecular formula is C23H26ClN3O3. The van der Waals surface area contributed by atoms with Gasteiger partial charge in [0, 0.05) is 10.6 Å². The number of benzene rings is 2. The molecule has 30 heavy (non-hydrogen) atoms. The van der Waals surface area contributed by atoms with E-state index in [0.29, 0.717) is 46.8 Å². The van der Waals surface area contributed by atoms with E-state index in [1.54, 1.807) is 31.2 Å². The van der Waals surface area contributed by atoms with Gasteiger partial charge in [-0.15, -0.1) is 15.0 Å². The van der Waals surface area contributed by atoms with Crippen LogP contribution in [0.25, 0.3) is 16.7 Å². The topological polar surface area (TPSA) is 77.2 Å². The first kappa shape index (κ1) is 21.8. The third-order valence-electron chi connectivity index (χ3n) is 4.41. The largest absolute Gasteiger partial charge is 0.506 e. The second-order valence-electron chi connectivity index (χ2n) is 8.38. The van der Waals surface area contributed by atoms with E-state index in [-0.39, 0.29) is 17.1 Å². The summed E-state index contributed by atoms with van der Waals surface area (Å²) < 4.78 is 5.36. The summed E-state index contributed by atoms with van der Waals surface area (Å²) in [5, 5.41) is 19.6. The van der Waals surface area contributed by atoms with Gasteiger partial charge in [-0.25, -0.2) is 4.79 Å². The highest BCUT2D eigenvalue weighted by Gasteiger charge is 2.13. The molecule has 0 unspecified atom stereocenters. The summed E-state index contributed by atoms with van der Waals surface area (Å²) in [6.45, 7) is 8.22. The number of aryl methyl sites for hydroxylation is 1. The highest BCUT2D eigenvalue weighted by molar-refractivity contribution is 6.31. The van der Waals surface area contributed by atoms with Crippen molar-refractivity contribution >= 4 is 28.6 Å². The lowest BCUT2D eigenvalue weighted by molar-refractivity contribution is -0.139. The Morgan fingerprint density at radius 2 is 1.90 bits per heavy atom. The SMILES string of the molecule is CC(=CC(C)(C)C)C(=O)OCCCc1ccc(O)c(-n2nc3ccc(Cl)cc3n2)c1. The van der Waals surface area contributed by atoms with Crippen LogP contribution in [0.4, 0.5) is 0 Å². The van der Waals surface area contributed by atoms with Crippen molar-refractivity contribution in [3.8, 4) is 11.4 Å². The predicted octanol–water partition coefficient (Wildman–Crippen LogP) is 5.25. The van der Waals surface area contributed by atoms with Gasteiger partial charge in [-0.05, 0) is 61.1 Å². The van der Waals surface area contributed by atoms with Gasteiger partial charge in [0.1, 0.15) is 22.5 Å². The Kier molecular flexibility index (Phi) is 6.46. The smallest absolute Gasteiger partial charge is 0.333 e. The van der Waals surface area contributed by atoms with Crippen LogP contribution in [0.3, 0.4) is 0 Å². The van der Waals surface area contributed by atoms with E-state index in [1.807, 2.05) is 39.0 Å². The number of fused-ring (bicyclic) bond motifs is 1. The zero-order chi connectivity index (χ0) is 21.9. The van der Waals surface area contributed by atoms with Crippen molar-refractivity contribution in [1.82, 2.24) is 15.0 Å². The number of aromatic hydroxyl groups is 1. The van der Waals surface area contributed by atoms with E-state index >= 15 is 0 Å². The number of rotatable bonds is 6. The number of aromatic nitrogens is 3. The highest BCUT2D eigenvalue weighted by Crippen LogP contribution is 2.25. The van der Waals surface area contributed by atoms with Crippen LogP contribution in [-0.2, 0) is 16.0 Å². The fourth-order valence-corrected chi connectivity index (χ4v) is 3.31. The van der Waals surface area contributed by atoms with Crippen LogP contribution in [0.1, 0.15) is 39.7 Å². The van der Waals surface area contributed by atoms with Gasteiger partial charge in [0.2, 0.25) is 0 Å². The highest BCUT2D eigenvalue weighted by atomic mass is 35.5. The molecule has 0 atom stereocenters. The first-order valence-electron chi connectivity index (χ1n) is 9.84. The van der Waals surface area contributed by atoms with Gasteiger partial charge in [0.05, 0.1) is 6.61 Å². The molecule has 1 heterocycles. The molecule has 0 bridgehead atoms. The molecule has 0 aliphatic carbocycles. The maximum atomic E-state index is 12.1. The summed E-state index contributed by atoms with van der Waals surface area (Å²) in [5.74, 6) is -0.207. The van der Waals surface area contributed by atoms with Crippen LogP contribution >= 0.6 is 11.6 Å². The maximum Gasteiger partial charge on any atom is 0.333 e. The number of esters is 1. The molecule has 3 rings (SSSR count). The number of hydrogen-bond acceptors (Lipinski definition) is 5. The predicted molar refractivity (Wildman–Crippen MR) is 118 cm³/mol. The molecule has 0 radical (unpaired) electrons. The lowest BCUT2D eigenvalue weighted by atomic mass is 9.94. The number of nitrogens with zero attached hydrogens (tertiary/aromatic N) is 3. The molecule has 158 valence electrons. The third kappa shape index (κ3) is 5.60. The second kappa shape index (κ2) is 8.88. The number of halogens is 1. The van der Waals surface area contributed by atoms with E-state index < -0.39 is 0 Å². The Bertz CT molecular complexity index is 1100. The summed E-state index contributed by atoms with van der Waals surface area (Å²) in [6, 6.07) is 10.6. The number of allylic oxidation sites excluding steroid dienone is 1. The van der Waals surface area contributed by atoms with Crippen molar-refractivity contribution in [2.24, 2.45) is 5.41 Å². The van der Waals surface area contributed by atoms with Crippen molar-refractivity contribution < 1.29 is 14.6 Å². The van der Waals surface area contributed by atoms with Crippen LogP contribution in [-0.4, -0.2) is 32.7 Å². The number of hydrogen-bond donors (Lipinski definition) is 1. The third-order valence-corrected chi connectivity index (χ3v) is 4.65. The molecule has 0 amide bonds. The fourth-order valence-electron chi connectivity index (χ4n) is 3.14. The molecule has 1 N–H and O–H groups in total. The summed E-state index contributed by atoms with van der Waals surface area (Å²) in [4.78, 5) is 13.5. The molecule has 0 fully saturated rings. The molecular weight excluding hydrogens is 402 g/mol. The molecule has 3 aromatic rings. The van der Waals surface area contributed by atoms with Gasteiger partial charge in [-0.3, -0.25) is 0 Å². The molecule has 0 saturated heterocycles. The number of phenolic OH excluding ortho intramolecular Hbond substituents is 1. The first-order chi connectivity index (χ1) is 14.1. The number of ether oxygens (including phenoxy) is 1. The lowest BCUT2D eigenvalue weighted by Gasteiger charge is -2.14. The zero-order valence-corrected chi connectivity index (χ0v) is 18.4. The van der Waals surface area contributed by atoms with E-state index in [4.69, 9.17) is 16.3 Å². The fraction of sp³-hybridized carbons (Fsp3) is 0.348. The zero-order valence-electron chi connectivity index (χ0n) is 17.6. The molecule has 0 spiro atoms. The Hall–Kier alpha value is -2.86. The lowest BCUT2D eigenvalue weighted by Crippen LogP contribution is -2.11. The van der Waals surface area contributed by atoms with Gasteiger partial charge >= 0.3 is 5.97 Å². The molecule has 7 heteroatoms. The van der Waals surface area contributed by atoms with Crippen molar-refractivity contribution in [2.45, 2.75) is 40.5 Å². The van der Waals surface area contributed by atoms with E-state index in [0.717, 1.165) is 5.56 Å². The Balaban J connectivity index is 1.64. The average Bonchev–Trinajstić information content (AvgIpc) is 3.07. The Morgan fingerprint density at radius 3 is 2.63 bits per heavy atom. The minimum atomic E-state index is -0.289. The van der Waals surface area contributed by atoms with Crippen LogP contribution in [0.5, 0.6) is 5.75 Å². The van der Waals surface area contributed by atoms with Gasteiger partial charge in [-0.1, -0.05) is 44.5 Å². The quantitative estimate of drug-likeness (QED) is 0.330. The standard InChI is InChI=1S/C23H26ClN3O3/c1-15(14-23(2,3)4)22(29)30-11-5-6-16-7-10-21(28)20(12-16)27-25-18-9-8-17(24)13-19(18)26-27/h7-10,12-14,28H,5-6,11H2,1-4H3. The van der Waals surface area contributed by atoms with Crippen LogP contribution < -0.4 is 0 Å². The Morgan fingerprint density at radius 1 is 1.17 bits per heavy atom. The summed E-state index contributed by atoms with van der Waals surface area (Å²) in [5.41, 5.74) is 3.36.